The van der Waals surface area contributed by atoms with Gasteiger partial charge < -0.3 is 10.4 Å². The summed E-state index contributed by atoms with van der Waals surface area (Å²) in [6.07, 6.45) is 4.04. The van der Waals surface area contributed by atoms with Crippen molar-refractivity contribution >= 4 is 33.1 Å². The molecule has 0 spiro atoms. The van der Waals surface area contributed by atoms with E-state index in [-0.39, 0.29) is 12.2 Å². The number of hydrogen-bond acceptors (Lipinski definition) is 7. The molecule has 0 bridgehead atoms. The van der Waals surface area contributed by atoms with Gasteiger partial charge in [-0.1, -0.05) is 6.92 Å². The number of aryl methyl sites for hydroxylation is 1. The van der Waals surface area contributed by atoms with Crippen LogP contribution in [0.1, 0.15) is 35.5 Å². The van der Waals surface area contributed by atoms with Gasteiger partial charge in [0.1, 0.15) is 17.0 Å². The van der Waals surface area contributed by atoms with Gasteiger partial charge in [0, 0.05) is 23.6 Å². The Kier molecular flexibility index (Phi) is 4.75. The molecule has 0 saturated heterocycles. The predicted molar refractivity (Wildman–Crippen MR) is 105 cm³/mol. The van der Waals surface area contributed by atoms with Crippen LogP contribution in [-0.2, 0) is 12.8 Å². The molecule has 7 nitrogen and oxygen atoms in total. The third-order valence-electron chi connectivity index (χ3n) is 5.04. The van der Waals surface area contributed by atoms with Crippen molar-refractivity contribution in [2.24, 2.45) is 5.92 Å². The Balaban J connectivity index is 1.54. The van der Waals surface area contributed by atoms with Gasteiger partial charge in [-0.15, -0.1) is 11.3 Å². The largest absolute Gasteiger partial charge is 0.387 e. The van der Waals surface area contributed by atoms with Crippen LogP contribution in [0.2, 0.25) is 0 Å². The molecule has 2 heterocycles. The second-order valence-electron chi connectivity index (χ2n) is 7.00. The lowest BCUT2D eigenvalue weighted by molar-refractivity contribution is -0.384. The fraction of sp³-hybridized carbons (Fsp3) is 0.368. The quantitative estimate of drug-likeness (QED) is 0.511. The van der Waals surface area contributed by atoms with Crippen LogP contribution in [0.3, 0.4) is 0 Å². The fourth-order valence-electron chi connectivity index (χ4n) is 3.54. The van der Waals surface area contributed by atoms with E-state index in [1.165, 1.54) is 29.0 Å². The summed E-state index contributed by atoms with van der Waals surface area (Å²) in [5.74, 6) is 1.44. The van der Waals surface area contributed by atoms with E-state index in [1.54, 1.807) is 29.8 Å². The Morgan fingerprint density at radius 3 is 2.89 bits per heavy atom. The number of aromatic nitrogens is 2. The van der Waals surface area contributed by atoms with Crippen molar-refractivity contribution in [2.45, 2.75) is 32.3 Å². The summed E-state index contributed by atoms with van der Waals surface area (Å²) in [4.78, 5) is 21.5. The number of nitro benzene ring substituents is 1. The van der Waals surface area contributed by atoms with Crippen LogP contribution >= 0.6 is 11.3 Å². The van der Waals surface area contributed by atoms with E-state index in [0.717, 1.165) is 28.9 Å². The average molecular weight is 384 g/mol. The zero-order valence-electron chi connectivity index (χ0n) is 14.9. The number of thiophene rings is 1. The molecule has 140 valence electrons. The summed E-state index contributed by atoms with van der Waals surface area (Å²) in [6.45, 7) is 2.55. The molecule has 1 aliphatic rings. The molecule has 2 aromatic heterocycles. The molecule has 1 aliphatic carbocycles. The van der Waals surface area contributed by atoms with Crippen molar-refractivity contribution < 1.29 is 10.0 Å². The minimum absolute atomic E-state index is 0.00977. The number of rotatable bonds is 5. The zero-order valence-corrected chi connectivity index (χ0v) is 15.7. The molecule has 0 radical (unpaired) electrons. The van der Waals surface area contributed by atoms with Gasteiger partial charge in [0.25, 0.3) is 5.69 Å². The number of anilines is 1. The zero-order chi connectivity index (χ0) is 19.0. The lowest BCUT2D eigenvalue weighted by atomic mass is 9.89. The molecule has 0 amide bonds. The van der Waals surface area contributed by atoms with Gasteiger partial charge in [0.2, 0.25) is 0 Å². The second-order valence-corrected chi connectivity index (χ2v) is 8.08. The molecule has 0 unspecified atom stereocenters. The number of non-ortho nitro benzene ring substituents is 1. The van der Waals surface area contributed by atoms with Crippen LogP contribution in [0.4, 0.5) is 11.5 Å². The third-order valence-corrected chi connectivity index (χ3v) is 6.21. The van der Waals surface area contributed by atoms with Gasteiger partial charge in [-0.3, -0.25) is 10.1 Å². The fourth-order valence-corrected chi connectivity index (χ4v) is 4.89. The number of aliphatic hydroxyl groups excluding tert-OH is 1. The van der Waals surface area contributed by atoms with Crippen LogP contribution in [0.5, 0.6) is 0 Å². The van der Waals surface area contributed by atoms with Crippen LogP contribution in [-0.4, -0.2) is 26.5 Å². The van der Waals surface area contributed by atoms with Crippen LogP contribution < -0.4 is 5.32 Å². The molecular formula is C19H20N4O3S. The minimum Gasteiger partial charge on any atom is -0.387 e. The Labute approximate surface area is 160 Å². The van der Waals surface area contributed by atoms with Crippen LogP contribution in [0.15, 0.2) is 30.6 Å². The number of hydrogen-bond donors (Lipinski definition) is 2. The maximum atomic E-state index is 10.7. The molecule has 4 rings (SSSR count). The molecule has 1 aromatic carbocycles. The van der Waals surface area contributed by atoms with Crippen molar-refractivity contribution in [3.05, 3.63) is 56.7 Å². The normalized spacial score (nSPS) is 17.5. The first-order chi connectivity index (χ1) is 13.0. The van der Waals surface area contributed by atoms with Gasteiger partial charge in [0.05, 0.1) is 16.4 Å². The topological polar surface area (TPSA) is 101 Å². The summed E-state index contributed by atoms with van der Waals surface area (Å²) in [7, 11) is 0. The molecule has 0 aliphatic heterocycles. The monoisotopic (exact) mass is 384 g/mol. The van der Waals surface area contributed by atoms with E-state index in [4.69, 9.17) is 0 Å². The molecule has 2 N–H and O–H groups in total. The highest BCUT2D eigenvalue weighted by molar-refractivity contribution is 7.19. The van der Waals surface area contributed by atoms with Gasteiger partial charge >= 0.3 is 0 Å². The first kappa shape index (κ1) is 17.8. The van der Waals surface area contributed by atoms with Crippen molar-refractivity contribution in [2.75, 3.05) is 11.9 Å². The number of aliphatic hydroxyl groups is 1. The maximum absolute atomic E-state index is 10.7. The van der Waals surface area contributed by atoms with E-state index < -0.39 is 11.0 Å². The smallest absolute Gasteiger partial charge is 0.269 e. The van der Waals surface area contributed by atoms with Crippen molar-refractivity contribution in [3.63, 3.8) is 0 Å². The standard InChI is InChI=1S/C19H20N4O3S/c1-11-2-7-14-16(8-11)27-19-17(14)18(21-10-22-19)20-9-15(24)12-3-5-13(6-4-12)23(25)26/h3-6,10-11,15,24H,2,7-9H2,1H3,(H,20,21,22)/t11-,15+/m1/s1. The van der Waals surface area contributed by atoms with Crippen molar-refractivity contribution in [3.8, 4) is 0 Å². The number of benzene rings is 1. The molecular weight excluding hydrogens is 364 g/mol. The molecule has 2 atom stereocenters. The van der Waals surface area contributed by atoms with Crippen LogP contribution in [0, 0.1) is 16.0 Å². The number of nitrogens with one attached hydrogen (secondary N) is 1. The van der Waals surface area contributed by atoms with E-state index in [1.807, 2.05) is 0 Å². The van der Waals surface area contributed by atoms with E-state index in [2.05, 4.69) is 22.2 Å². The minimum atomic E-state index is -0.787. The predicted octanol–water partition coefficient (Wildman–Crippen LogP) is 3.87. The van der Waals surface area contributed by atoms with E-state index in [0.29, 0.717) is 11.5 Å². The summed E-state index contributed by atoms with van der Waals surface area (Å²) in [6, 6.07) is 5.96. The SMILES string of the molecule is C[C@@H]1CCc2c(sc3ncnc(NC[C@H](O)c4ccc([N+](=O)[O-])cc4)c23)C1. The number of nitro groups is 1. The van der Waals surface area contributed by atoms with Gasteiger partial charge in [-0.2, -0.15) is 0 Å². The van der Waals surface area contributed by atoms with Gasteiger partial charge in [0.15, 0.2) is 0 Å². The Morgan fingerprint density at radius 1 is 1.37 bits per heavy atom. The summed E-state index contributed by atoms with van der Waals surface area (Å²) in [5.41, 5.74) is 1.97. The van der Waals surface area contributed by atoms with Crippen molar-refractivity contribution in [1.82, 2.24) is 9.97 Å². The molecule has 0 fully saturated rings. The summed E-state index contributed by atoms with van der Waals surface area (Å²) < 4.78 is 0. The highest BCUT2D eigenvalue weighted by atomic mass is 32.1. The molecule has 0 saturated carbocycles. The highest BCUT2D eigenvalue weighted by Crippen LogP contribution is 2.39. The van der Waals surface area contributed by atoms with Gasteiger partial charge in [-0.25, -0.2) is 9.97 Å². The molecule has 27 heavy (non-hydrogen) atoms. The first-order valence-electron chi connectivity index (χ1n) is 8.94. The lowest BCUT2D eigenvalue weighted by Gasteiger charge is -2.18. The molecule has 3 aromatic rings. The van der Waals surface area contributed by atoms with Crippen LogP contribution in [0.25, 0.3) is 10.2 Å². The molecule has 8 heteroatoms. The highest BCUT2D eigenvalue weighted by Gasteiger charge is 2.23. The average Bonchev–Trinajstić information content (AvgIpc) is 3.04. The van der Waals surface area contributed by atoms with Gasteiger partial charge in [-0.05, 0) is 48.4 Å². The third kappa shape index (κ3) is 3.50. The lowest BCUT2D eigenvalue weighted by Crippen LogP contribution is -2.14. The second kappa shape index (κ2) is 7.21. The summed E-state index contributed by atoms with van der Waals surface area (Å²) in [5, 5.41) is 25.5. The Hall–Kier alpha value is -2.58. The Morgan fingerprint density at radius 2 is 2.15 bits per heavy atom. The summed E-state index contributed by atoms with van der Waals surface area (Å²) >= 11 is 1.74. The van der Waals surface area contributed by atoms with Crippen molar-refractivity contribution in [1.29, 1.82) is 0 Å². The maximum Gasteiger partial charge on any atom is 0.269 e. The van der Waals surface area contributed by atoms with E-state index >= 15 is 0 Å². The number of fused-ring (bicyclic) bond motifs is 3. The number of nitrogens with zero attached hydrogens (tertiary/aromatic N) is 3. The van der Waals surface area contributed by atoms with E-state index in [9.17, 15) is 15.2 Å². The Bertz CT molecular complexity index is 987. The first-order valence-corrected chi connectivity index (χ1v) is 9.76.